The smallest absolute Gasteiger partial charge is 0.194 e. The fourth-order valence-corrected chi connectivity index (χ4v) is 8.90. The molecule has 8 nitrogen and oxygen atoms in total. The molecule has 0 radical (unpaired) electrons. The highest BCUT2D eigenvalue weighted by molar-refractivity contribution is 5.93. The number of nitrogens with zero attached hydrogens (tertiary/aromatic N) is 6. The molecule has 58 heavy (non-hydrogen) atoms. The van der Waals surface area contributed by atoms with Crippen LogP contribution in [0.25, 0.3) is 45.3 Å². The van der Waals surface area contributed by atoms with Gasteiger partial charge in [0.05, 0.1) is 33.9 Å². The molecule has 272 valence electrons. The lowest BCUT2D eigenvalue weighted by Crippen LogP contribution is -2.32. The van der Waals surface area contributed by atoms with Crippen molar-refractivity contribution in [3.63, 3.8) is 0 Å². The summed E-state index contributed by atoms with van der Waals surface area (Å²) in [7, 11) is 0. The fourth-order valence-electron chi connectivity index (χ4n) is 8.90. The quantitative estimate of drug-likeness (QED) is 0.176. The Hall–Kier alpha value is -7.97. The van der Waals surface area contributed by atoms with E-state index in [1.807, 2.05) is 66.7 Å². The van der Waals surface area contributed by atoms with Gasteiger partial charge in [0.1, 0.15) is 11.4 Å². The molecule has 1 atom stereocenters. The van der Waals surface area contributed by atoms with Crippen LogP contribution in [-0.4, -0.2) is 24.9 Å². The Morgan fingerprint density at radius 3 is 1.81 bits per heavy atom. The summed E-state index contributed by atoms with van der Waals surface area (Å²) in [5.41, 5.74) is 12.3. The van der Waals surface area contributed by atoms with Crippen LogP contribution in [0.5, 0.6) is 23.0 Å². The molecule has 2 aliphatic heterocycles. The van der Waals surface area contributed by atoms with Crippen molar-refractivity contribution in [2.24, 2.45) is 0 Å². The highest BCUT2D eigenvalue weighted by Crippen LogP contribution is 2.66. The molecule has 0 saturated heterocycles. The molecular weight excluding hydrogens is 717 g/mol. The number of para-hydroxylation sites is 4. The highest BCUT2D eigenvalue weighted by atomic mass is 16.5. The van der Waals surface area contributed by atoms with Gasteiger partial charge < -0.3 is 14.4 Å². The van der Waals surface area contributed by atoms with E-state index >= 15 is 0 Å². The Morgan fingerprint density at radius 2 is 1.05 bits per heavy atom. The zero-order valence-electron chi connectivity index (χ0n) is 30.8. The molecule has 3 aliphatic rings. The molecule has 1 aliphatic carbocycles. The molecular formula is C50H30N6O2. The molecule has 8 heteroatoms. The molecule has 0 saturated carbocycles. The predicted molar refractivity (Wildman–Crippen MR) is 224 cm³/mol. The zero-order valence-corrected chi connectivity index (χ0v) is 30.8. The van der Waals surface area contributed by atoms with Gasteiger partial charge in [-0.25, -0.2) is 15.0 Å². The number of hydrogen-bond donors (Lipinski definition) is 0. The summed E-state index contributed by atoms with van der Waals surface area (Å²) in [6, 6.07) is 53.9. The molecule has 0 fully saturated rings. The lowest BCUT2D eigenvalue weighted by molar-refractivity contribution is 0.391. The number of ether oxygens (including phenoxy) is 2. The lowest BCUT2D eigenvalue weighted by atomic mass is 9.66. The van der Waals surface area contributed by atoms with E-state index in [1.54, 1.807) is 24.8 Å². The molecule has 4 aromatic heterocycles. The summed E-state index contributed by atoms with van der Waals surface area (Å²) in [4.78, 5) is 26.4. The standard InChI is InChI=1S/C50H30N6O2/c1-2-10-33(11-3-1)56-42-15-7-9-17-45(42)58-48-43(56)21-19-38-47(48)57-44-16-8-6-14-36(44)50(38)35-13-5-4-12-34(35)46-37(50)18-20-39(53-46)49-54-40(31-22-26-51-27-23-31)30-41(55-49)32-24-28-52-29-25-32/h1-30H. The van der Waals surface area contributed by atoms with Gasteiger partial charge in [0.15, 0.2) is 23.1 Å². The van der Waals surface area contributed by atoms with Crippen LogP contribution >= 0.6 is 0 Å². The monoisotopic (exact) mass is 746 g/mol. The molecule has 0 amide bonds. The largest absolute Gasteiger partial charge is 0.453 e. The average molecular weight is 747 g/mol. The van der Waals surface area contributed by atoms with E-state index in [1.165, 1.54) is 0 Å². The first-order chi connectivity index (χ1) is 28.8. The Bertz CT molecular complexity index is 3030. The van der Waals surface area contributed by atoms with E-state index in [0.29, 0.717) is 23.0 Å². The van der Waals surface area contributed by atoms with Gasteiger partial charge in [-0.1, -0.05) is 84.9 Å². The zero-order chi connectivity index (χ0) is 38.2. The third kappa shape index (κ3) is 4.66. The fraction of sp³-hybridized carbons (Fsp3) is 0.0200. The van der Waals surface area contributed by atoms with Crippen LogP contribution < -0.4 is 14.4 Å². The van der Waals surface area contributed by atoms with Crippen LogP contribution in [0.15, 0.2) is 183 Å². The van der Waals surface area contributed by atoms with Crippen molar-refractivity contribution in [1.82, 2.24) is 24.9 Å². The average Bonchev–Trinajstić information content (AvgIpc) is 3.59. The van der Waals surface area contributed by atoms with Gasteiger partial charge in [0.25, 0.3) is 0 Å². The van der Waals surface area contributed by atoms with Crippen LogP contribution in [0.4, 0.5) is 17.1 Å². The predicted octanol–water partition coefficient (Wildman–Crippen LogP) is 11.7. The van der Waals surface area contributed by atoms with Gasteiger partial charge in [-0.2, -0.15) is 0 Å². The third-order valence-corrected chi connectivity index (χ3v) is 11.4. The van der Waals surface area contributed by atoms with E-state index in [-0.39, 0.29) is 0 Å². The maximum Gasteiger partial charge on any atom is 0.194 e. The minimum atomic E-state index is -0.767. The van der Waals surface area contributed by atoms with E-state index in [0.717, 1.165) is 84.6 Å². The Morgan fingerprint density at radius 1 is 0.431 bits per heavy atom. The number of aromatic nitrogens is 5. The van der Waals surface area contributed by atoms with Gasteiger partial charge in [0, 0.05) is 58.3 Å². The lowest BCUT2D eigenvalue weighted by Gasteiger charge is -2.41. The van der Waals surface area contributed by atoms with Crippen LogP contribution in [0, 0.1) is 0 Å². The van der Waals surface area contributed by atoms with Crippen LogP contribution in [0.3, 0.4) is 0 Å². The van der Waals surface area contributed by atoms with Gasteiger partial charge in [-0.05, 0) is 83.9 Å². The summed E-state index contributed by atoms with van der Waals surface area (Å²) in [5, 5.41) is 0. The summed E-state index contributed by atoms with van der Waals surface area (Å²) in [5.74, 6) is 3.38. The second-order valence-electron chi connectivity index (χ2n) is 14.5. The van der Waals surface area contributed by atoms with E-state index in [9.17, 15) is 0 Å². The molecule has 1 spiro atoms. The van der Waals surface area contributed by atoms with Gasteiger partial charge in [-0.3, -0.25) is 9.97 Å². The molecule has 9 aromatic rings. The normalized spacial score (nSPS) is 15.2. The minimum Gasteiger partial charge on any atom is -0.453 e. The summed E-state index contributed by atoms with van der Waals surface area (Å²) >= 11 is 0. The molecule has 12 rings (SSSR count). The maximum atomic E-state index is 6.99. The molecule has 6 heterocycles. The number of pyridine rings is 3. The van der Waals surface area contributed by atoms with E-state index in [2.05, 4.69) is 106 Å². The van der Waals surface area contributed by atoms with Gasteiger partial charge >= 0.3 is 0 Å². The summed E-state index contributed by atoms with van der Waals surface area (Å²) in [6.07, 6.45) is 7.10. The van der Waals surface area contributed by atoms with Crippen molar-refractivity contribution < 1.29 is 9.47 Å². The first-order valence-electron chi connectivity index (χ1n) is 19.1. The Labute approximate surface area is 333 Å². The van der Waals surface area contributed by atoms with Crippen molar-refractivity contribution in [2.45, 2.75) is 5.41 Å². The van der Waals surface area contributed by atoms with E-state index < -0.39 is 5.41 Å². The van der Waals surface area contributed by atoms with E-state index in [4.69, 9.17) is 24.4 Å². The minimum absolute atomic E-state index is 0.525. The number of anilines is 3. The number of hydrogen-bond acceptors (Lipinski definition) is 8. The molecule has 0 bridgehead atoms. The van der Waals surface area contributed by atoms with Crippen LogP contribution in [-0.2, 0) is 5.41 Å². The Balaban J connectivity index is 1.09. The second kappa shape index (κ2) is 12.5. The summed E-state index contributed by atoms with van der Waals surface area (Å²) in [6.45, 7) is 0. The van der Waals surface area contributed by atoms with Crippen molar-refractivity contribution in [2.75, 3.05) is 4.90 Å². The topological polar surface area (TPSA) is 86.2 Å². The maximum absolute atomic E-state index is 6.99. The molecule has 5 aromatic carbocycles. The first-order valence-corrected chi connectivity index (χ1v) is 19.1. The van der Waals surface area contributed by atoms with Gasteiger partial charge in [0.2, 0.25) is 0 Å². The second-order valence-corrected chi connectivity index (χ2v) is 14.5. The van der Waals surface area contributed by atoms with Crippen molar-refractivity contribution in [3.8, 4) is 68.3 Å². The van der Waals surface area contributed by atoms with Crippen molar-refractivity contribution in [1.29, 1.82) is 0 Å². The summed E-state index contributed by atoms with van der Waals surface area (Å²) < 4.78 is 13.9. The first kappa shape index (κ1) is 32.3. The van der Waals surface area contributed by atoms with Crippen molar-refractivity contribution in [3.05, 3.63) is 205 Å². The molecule has 0 N–H and O–H groups in total. The molecule has 1 unspecified atom stereocenters. The number of rotatable bonds is 4. The van der Waals surface area contributed by atoms with Crippen LogP contribution in [0.2, 0.25) is 0 Å². The number of fused-ring (bicyclic) bond motifs is 12. The third-order valence-electron chi connectivity index (χ3n) is 11.4. The highest BCUT2D eigenvalue weighted by Gasteiger charge is 2.53. The van der Waals surface area contributed by atoms with Crippen molar-refractivity contribution >= 4 is 17.1 Å². The SMILES string of the molecule is c1ccc(N2c3ccccc3Oc3c2ccc2c3Oc3ccccc3C23c2ccccc2-c2nc(-c4nc(-c5ccncc5)cc(-c5ccncc5)n4)ccc23)cc1. The van der Waals surface area contributed by atoms with Crippen LogP contribution in [0.1, 0.15) is 22.3 Å². The Kier molecular flexibility index (Phi) is 6.97. The van der Waals surface area contributed by atoms with Gasteiger partial charge in [-0.15, -0.1) is 0 Å². The number of benzene rings is 5.